The summed E-state index contributed by atoms with van der Waals surface area (Å²) in [4.78, 5) is 27.0. The van der Waals surface area contributed by atoms with E-state index >= 15 is 0 Å². The Labute approximate surface area is 245 Å². The monoisotopic (exact) mass is 569 g/mol. The van der Waals surface area contributed by atoms with Gasteiger partial charge in [0, 0.05) is 57.2 Å². The Morgan fingerprint density at radius 3 is 2.66 bits per heavy atom. The molecule has 1 fully saturated rings. The zero-order valence-corrected chi connectivity index (χ0v) is 24.1. The van der Waals surface area contributed by atoms with Gasteiger partial charge in [0.05, 0.1) is 25.1 Å². The highest BCUT2D eigenvalue weighted by Gasteiger charge is 2.19. The Morgan fingerprint density at radius 2 is 1.88 bits per heavy atom. The Balaban J connectivity index is 1.17. The number of nitrogens with zero attached hydrogens (tertiary/aromatic N) is 4. The first-order valence-electron chi connectivity index (χ1n) is 13.7. The molecule has 4 aromatic rings. The van der Waals surface area contributed by atoms with E-state index in [0.29, 0.717) is 29.6 Å². The van der Waals surface area contributed by atoms with Gasteiger partial charge in [-0.25, -0.2) is 9.97 Å². The highest BCUT2D eigenvalue weighted by Crippen LogP contribution is 2.24. The molecule has 1 amide bonds. The Morgan fingerprint density at radius 1 is 1.02 bits per heavy atom. The maximum absolute atomic E-state index is 12.6. The van der Waals surface area contributed by atoms with E-state index in [1.54, 1.807) is 31.2 Å². The highest BCUT2D eigenvalue weighted by atomic mass is 32.2. The van der Waals surface area contributed by atoms with E-state index in [9.17, 15) is 4.79 Å². The number of rotatable bonds is 12. The fourth-order valence-corrected chi connectivity index (χ4v) is 5.42. The third kappa shape index (κ3) is 8.53. The number of hydrogen-bond acceptors (Lipinski definition) is 8. The summed E-state index contributed by atoms with van der Waals surface area (Å²) < 4.78 is 10.7. The quantitative estimate of drug-likeness (QED) is 0.182. The van der Waals surface area contributed by atoms with Gasteiger partial charge in [0.15, 0.2) is 5.16 Å². The SMILES string of the molecule is COCc1cc(N2CCN(C/C=C/c3ccccc3)CC2)nc(SCc2cccc(C(=O)NCc3ccco3)c2)n1. The molecule has 1 saturated heterocycles. The van der Waals surface area contributed by atoms with Crippen LogP contribution in [-0.4, -0.2) is 60.6 Å². The fraction of sp³-hybridized carbons (Fsp3) is 0.281. The van der Waals surface area contributed by atoms with Crippen LogP contribution in [-0.2, 0) is 23.6 Å². The molecule has 0 aliphatic carbocycles. The second kappa shape index (κ2) is 14.6. The van der Waals surface area contributed by atoms with Crippen molar-refractivity contribution in [3.05, 3.63) is 113 Å². The van der Waals surface area contributed by atoms with Crippen LogP contribution in [0.2, 0.25) is 0 Å². The van der Waals surface area contributed by atoms with Crippen molar-refractivity contribution in [3.8, 4) is 0 Å². The molecule has 0 unspecified atom stereocenters. The molecule has 0 bridgehead atoms. The fourth-order valence-electron chi connectivity index (χ4n) is 4.60. The molecule has 0 radical (unpaired) electrons. The number of benzene rings is 2. The van der Waals surface area contributed by atoms with Crippen molar-refractivity contribution < 1.29 is 13.9 Å². The zero-order valence-electron chi connectivity index (χ0n) is 23.2. The van der Waals surface area contributed by atoms with Crippen molar-refractivity contribution in [3.63, 3.8) is 0 Å². The van der Waals surface area contributed by atoms with Gasteiger partial charge in [0.2, 0.25) is 0 Å². The Kier molecular flexibility index (Phi) is 10.2. The molecule has 9 heteroatoms. The van der Waals surface area contributed by atoms with Crippen LogP contribution in [0.3, 0.4) is 0 Å². The zero-order chi connectivity index (χ0) is 28.3. The van der Waals surface area contributed by atoms with Gasteiger partial charge in [-0.15, -0.1) is 0 Å². The minimum Gasteiger partial charge on any atom is -0.467 e. The average molecular weight is 570 g/mol. The van der Waals surface area contributed by atoms with E-state index in [2.05, 4.69) is 51.5 Å². The van der Waals surface area contributed by atoms with Gasteiger partial charge in [-0.05, 0) is 35.4 Å². The lowest BCUT2D eigenvalue weighted by Gasteiger charge is -2.35. The number of carbonyl (C=O) groups excluding carboxylic acids is 1. The van der Waals surface area contributed by atoms with Crippen LogP contribution in [0.15, 0.2) is 94.7 Å². The van der Waals surface area contributed by atoms with Crippen molar-refractivity contribution >= 4 is 29.6 Å². The van der Waals surface area contributed by atoms with E-state index < -0.39 is 0 Å². The number of hydrogen-bond donors (Lipinski definition) is 1. The molecule has 5 rings (SSSR count). The van der Waals surface area contributed by atoms with Crippen LogP contribution in [0, 0.1) is 0 Å². The Bertz CT molecular complexity index is 1420. The number of methoxy groups -OCH3 is 1. The molecule has 0 saturated carbocycles. The summed E-state index contributed by atoms with van der Waals surface area (Å²) in [7, 11) is 1.68. The first-order chi connectivity index (χ1) is 20.2. The number of carbonyl (C=O) groups is 1. The molecule has 1 aliphatic heterocycles. The molecule has 0 atom stereocenters. The van der Waals surface area contributed by atoms with Crippen LogP contribution in [0.4, 0.5) is 5.82 Å². The molecule has 1 N–H and O–H groups in total. The number of furan rings is 1. The standard InChI is InChI=1S/C32H35N5O3S/c1-39-23-28-21-30(37-17-15-36(16-18-37)14-6-11-25-8-3-2-4-9-25)35-32(34-28)41-24-26-10-5-12-27(20-26)31(38)33-22-29-13-7-19-40-29/h2-13,19-21H,14-18,22-24H2,1H3,(H,33,38)/b11-6+. The van der Waals surface area contributed by atoms with Gasteiger partial charge in [0.25, 0.3) is 5.91 Å². The van der Waals surface area contributed by atoms with Crippen LogP contribution in [0.5, 0.6) is 0 Å². The molecule has 41 heavy (non-hydrogen) atoms. The summed E-state index contributed by atoms with van der Waals surface area (Å²) in [5, 5.41) is 3.60. The lowest BCUT2D eigenvalue weighted by molar-refractivity contribution is 0.0948. The second-order valence-corrected chi connectivity index (χ2v) is 10.7. The van der Waals surface area contributed by atoms with Crippen LogP contribution >= 0.6 is 11.8 Å². The molecule has 2 aromatic carbocycles. The van der Waals surface area contributed by atoms with E-state index in [0.717, 1.165) is 55.6 Å². The topological polar surface area (TPSA) is 83.7 Å². The van der Waals surface area contributed by atoms with E-state index in [-0.39, 0.29) is 5.91 Å². The minimum atomic E-state index is -0.136. The van der Waals surface area contributed by atoms with Crippen LogP contribution in [0.1, 0.15) is 32.9 Å². The van der Waals surface area contributed by atoms with Crippen molar-refractivity contribution in [1.82, 2.24) is 20.2 Å². The highest BCUT2D eigenvalue weighted by molar-refractivity contribution is 7.98. The van der Waals surface area contributed by atoms with Gasteiger partial charge in [0.1, 0.15) is 11.6 Å². The van der Waals surface area contributed by atoms with E-state index in [1.807, 2.05) is 42.5 Å². The van der Waals surface area contributed by atoms with Gasteiger partial charge in [-0.1, -0.05) is 66.4 Å². The molecular formula is C32H35N5O3S. The van der Waals surface area contributed by atoms with Crippen molar-refractivity contribution in [2.75, 3.05) is 44.7 Å². The first-order valence-corrected chi connectivity index (χ1v) is 14.7. The lowest BCUT2D eigenvalue weighted by atomic mass is 10.1. The molecule has 2 aromatic heterocycles. The predicted molar refractivity (Wildman–Crippen MR) is 163 cm³/mol. The summed E-state index contributed by atoms with van der Waals surface area (Å²) in [5.41, 5.74) is 3.73. The third-order valence-electron chi connectivity index (χ3n) is 6.77. The number of piperazine rings is 1. The van der Waals surface area contributed by atoms with Crippen molar-refractivity contribution in [2.45, 2.75) is 24.1 Å². The number of amides is 1. The molecule has 8 nitrogen and oxygen atoms in total. The molecular weight excluding hydrogens is 534 g/mol. The first kappa shape index (κ1) is 28.6. The minimum absolute atomic E-state index is 0.136. The maximum Gasteiger partial charge on any atom is 0.251 e. The molecule has 212 valence electrons. The van der Waals surface area contributed by atoms with Crippen LogP contribution in [0.25, 0.3) is 6.08 Å². The van der Waals surface area contributed by atoms with Crippen molar-refractivity contribution in [2.24, 2.45) is 0 Å². The molecule has 0 spiro atoms. The summed E-state index contributed by atoms with van der Waals surface area (Å²) in [6.07, 6.45) is 6.01. The number of anilines is 1. The second-order valence-electron chi connectivity index (χ2n) is 9.78. The number of aromatic nitrogens is 2. The van der Waals surface area contributed by atoms with E-state index in [1.165, 1.54) is 5.56 Å². The normalized spacial score (nSPS) is 14.0. The Hall–Kier alpha value is -3.92. The van der Waals surface area contributed by atoms with Gasteiger partial charge in [-0.2, -0.15) is 0 Å². The largest absolute Gasteiger partial charge is 0.467 e. The predicted octanol–water partition coefficient (Wildman–Crippen LogP) is 5.27. The van der Waals surface area contributed by atoms with Gasteiger partial charge in [-0.3, -0.25) is 9.69 Å². The lowest BCUT2D eigenvalue weighted by Crippen LogP contribution is -2.46. The summed E-state index contributed by atoms with van der Waals surface area (Å²) in [6.45, 7) is 5.47. The third-order valence-corrected chi connectivity index (χ3v) is 7.69. The smallest absolute Gasteiger partial charge is 0.251 e. The average Bonchev–Trinajstić information content (AvgIpc) is 3.54. The molecule has 3 heterocycles. The number of thioether (sulfide) groups is 1. The van der Waals surface area contributed by atoms with Crippen molar-refractivity contribution in [1.29, 1.82) is 0 Å². The summed E-state index contributed by atoms with van der Waals surface area (Å²) in [5.74, 6) is 2.16. The summed E-state index contributed by atoms with van der Waals surface area (Å²) in [6, 6.07) is 23.7. The maximum atomic E-state index is 12.6. The van der Waals surface area contributed by atoms with Crippen LogP contribution < -0.4 is 10.2 Å². The number of ether oxygens (including phenoxy) is 1. The molecule has 1 aliphatic rings. The van der Waals surface area contributed by atoms with Gasteiger partial charge >= 0.3 is 0 Å². The summed E-state index contributed by atoms with van der Waals surface area (Å²) >= 11 is 1.56. The number of nitrogens with one attached hydrogen (secondary N) is 1. The van der Waals surface area contributed by atoms with E-state index in [4.69, 9.17) is 19.1 Å². The van der Waals surface area contributed by atoms with Gasteiger partial charge < -0.3 is 19.4 Å².